The summed E-state index contributed by atoms with van der Waals surface area (Å²) in [4.78, 5) is 12.5. The van der Waals surface area contributed by atoms with E-state index in [2.05, 4.69) is 19.2 Å². The molecule has 1 aromatic heterocycles. The molecule has 0 unspecified atom stereocenters. The molecule has 1 heterocycles. The Morgan fingerprint density at radius 3 is 2.39 bits per heavy atom. The SMILES string of the molecule is CC(C)c1ccc(NC(=O)c2sccc2N)cc1. The molecule has 18 heavy (non-hydrogen) atoms. The fourth-order valence-electron chi connectivity index (χ4n) is 1.64. The predicted molar refractivity (Wildman–Crippen MR) is 77.2 cm³/mol. The third-order valence-electron chi connectivity index (χ3n) is 2.74. The van der Waals surface area contributed by atoms with Gasteiger partial charge in [0, 0.05) is 5.69 Å². The average molecular weight is 260 g/mol. The highest BCUT2D eigenvalue weighted by Crippen LogP contribution is 2.21. The van der Waals surface area contributed by atoms with Gasteiger partial charge in [0.1, 0.15) is 4.88 Å². The van der Waals surface area contributed by atoms with E-state index in [1.54, 1.807) is 6.07 Å². The van der Waals surface area contributed by atoms with Crippen LogP contribution in [-0.2, 0) is 0 Å². The third kappa shape index (κ3) is 2.71. The van der Waals surface area contributed by atoms with Gasteiger partial charge in [-0.1, -0.05) is 26.0 Å². The second-order valence-electron chi connectivity index (χ2n) is 4.44. The van der Waals surface area contributed by atoms with Gasteiger partial charge in [0.15, 0.2) is 0 Å². The molecule has 0 bridgehead atoms. The van der Waals surface area contributed by atoms with Crippen molar-refractivity contribution in [3.63, 3.8) is 0 Å². The van der Waals surface area contributed by atoms with Crippen LogP contribution in [0.1, 0.15) is 35.0 Å². The summed E-state index contributed by atoms with van der Waals surface area (Å²) in [5, 5.41) is 4.65. The van der Waals surface area contributed by atoms with Crippen molar-refractivity contribution in [3.8, 4) is 0 Å². The lowest BCUT2D eigenvalue weighted by atomic mass is 10.0. The van der Waals surface area contributed by atoms with Crippen molar-refractivity contribution >= 4 is 28.6 Å². The molecule has 94 valence electrons. The minimum Gasteiger partial charge on any atom is -0.397 e. The first-order valence-corrected chi connectivity index (χ1v) is 6.70. The van der Waals surface area contributed by atoms with E-state index >= 15 is 0 Å². The molecule has 3 N–H and O–H groups in total. The summed E-state index contributed by atoms with van der Waals surface area (Å²) in [6.45, 7) is 4.28. The van der Waals surface area contributed by atoms with Crippen molar-refractivity contribution in [2.75, 3.05) is 11.1 Å². The van der Waals surface area contributed by atoms with Crippen LogP contribution in [0.3, 0.4) is 0 Å². The summed E-state index contributed by atoms with van der Waals surface area (Å²) in [6.07, 6.45) is 0. The molecule has 0 saturated carbocycles. The molecular weight excluding hydrogens is 244 g/mol. The topological polar surface area (TPSA) is 55.1 Å². The highest BCUT2D eigenvalue weighted by atomic mass is 32.1. The van der Waals surface area contributed by atoms with Crippen molar-refractivity contribution in [3.05, 3.63) is 46.2 Å². The number of hydrogen-bond donors (Lipinski definition) is 2. The van der Waals surface area contributed by atoms with E-state index in [0.717, 1.165) is 5.69 Å². The second-order valence-corrected chi connectivity index (χ2v) is 5.35. The first kappa shape index (κ1) is 12.6. The summed E-state index contributed by atoms with van der Waals surface area (Å²) in [7, 11) is 0. The third-order valence-corrected chi connectivity index (χ3v) is 3.67. The van der Waals surface area contributed by atoms with Gasteiger partial charge in [0.05, 0.1) is 5.69 Å². The Balaban J connectivity index is 2.10. The molecule has 0 fully saturated rings. The fraction of sp³-hybridized carbons (Fsp3) is 0.214. The molecule has 0 saturated heterocycles. The summed E-state index contributed by atoms with van der Waals surface area (Å²) in [5.41, 5.74) is 8.28. The van der Waals surface area contributed by atoms with Gasteiger partial charge in [-0.2, -0.15) is 0 Å². The number of carbonyl (C=O) groups excluding carboxylic acids is 1. The molecule has 0 aliphatic heterocycles. The minimum absolute atomic E-state index is 0.153. The molecule has 0 atom stereocenters. The van der Waals surface area contributed by atoms with Gasteiger partial charge >= 0.3 is 0 Å². The molecule has 3 nitrogen and oxygen atoms in total. The number of thiophene rings is 1. The monoisotopic (exact) mass is 260 g/mol. The van der Waals surface area contributed by atoms with E-state index in [0.29, 0.717) is 16.5 Å². The number of anilines is 2. The van der Waals surface area contributed by atoms with Crippen LogP contribution in [0, 0.1) is 0 Å². The Labute approximate surface area is 111 Å². The van der Waals surface area contributed by atoms with Gasteiger partial charge < -0.3 is 11.1 Å². The van der Waals surface area contributed by atoms with Gasteiger partial charge in [-0.05, 0) is 35.1 Å². The van der Waals surface area contributed by atoms with Crippen molar-refractivity contribution in [2.24, 2.45) is 0 Å². The van der Waals surface area contributed by atoms with E-state index in [1.165, 1.54) is 16.9 Å². The van der Waals surface area contributed by atoms with Crippen LogP contribution in [0.25, 0.3) is 0 Å². The van der Waals surface area contributed by atoms with E-state index in [1.807, 2.05) is 29.6 Å². The van der Waals surface area contributed by atoms with Crippen molar-refractivity contribution in [1.82, 2.24) is 0 Å². The number of rotatable bonds is 3. The standard InChI is InChI=1S/C14H16N2OS/c1-9(2)10-3-5-11(6-4-10)16-14(17)13-12(15)7-8-18-13/h3-9H,15H2,1-2H3,(H,16,17). The Morgan fingerprint density at radius 2 is 1.89 bits per heavy atom. The lowest BCUT2D eigenvalue weighted by molar-refractivity contribution is 0.103. The van der Waals surface area contributed by atoms with Crippen LogP contribution in [0.2, 0.25) is 0 Å². The van der Waals surface area contributed by atoms with Crippen LogP contribution in [-0.4, -0.2) is 5.91 Å². The zero-order valence-electron chi connectivity index (χ0n) is 10.4. The molecule has 0 radical (unpaired) electrons. The number of amides is 1. The minimum atomic E-state index is -0.153. The number of nitrogens with one attached hydrogen (secondary N) is 1. The molecule has 4 heteroatoms. The van der Waals surface area contributed by atoms with Crippen LogP contribution >= 0.6 is 11.3 Å². The highest BCUT2D eigenvalue weighted by Gasteiger charge is 2.11. The van der Waals surface area contributed by atoms with Crippen molar-refractivity contribution < 1.29 is 4.79 Å². The van der Waals surface area contributed by atoms with Gasteiger partial charge in [-0.3, -0.25) is 4.79 Å². The van der Waals surface area contributed by atoms with Gasteiger partial charge in [0.25, 0.3) is 5.91 Å². The first-order valence-electron chi connectivity index (χ1n) is 5.82. The Kier molecular flexibility index (Phi) is 3.67. The van der Waals surface area contributed by atoms with Gasteiger partial charge in [0.2, 0.25) is 0 Å². The maximum absolute atomic E-state index is 11.9. The molecule has 2 aromatic rings. The van der Waals surface area contributed by atoms with Crippen LogP contribution in [0.15, 0.2) is 35.7 Å². The summed E-state index contributed by atoms with van der Waals surface area (Å²) >= 11 is 1.35. The summed E-state index contributed by atoms with van der Waals surface area (Å²) < 4.78 is 0. The van der Waals surface area contributed by atoms with Crippen LogP contribution in [0.4, 0.5) is 11.4 Å². The van der Waals surface area contributed by atoms with E-state index in [-0.39, 0.29) is 5.91 Å². The zero-order valence-corrected chi connectivity index (χ0v) is 11.3. The molecule has 2 rings (SSSR count). The largest absolute Gasteiger partial charge is 0.397 e. The number of nitrogen functional groups attached to an aromatic ring is 1. The Hall–Kier alpha value is -1.81. The Bertz CT molecular complexity index is 543. The number of nitrogens with two attached hydrogens (primary N) is 1. The maximum atomic E-state index is 11.9. The van der Waals surface area contributed by atoms with Gasteiger partial charge in [-0.25, -0.2) is 0 Å². The number of carbonyl (C=O) groups is 1. The van der Waals surface area contributed by atoms with E-state index < -0.39 is 0 Å². The Morgan fingerprint density at radius 1 is 1.22 bits per heavy atom. The molecule has 0 aliphatic rings. The van der Waals surface area contributed by atoms with Crippen molar-refractivity contribution in [2.45, 2.75) is 19.8 Å². The molecule has 0 aliphatic carbocycles. The predicted octanol–water partition coefficient (Wildman–Crippen LogP) is 3.71. The lowest BCUT2D eigenvalue weighted by Gasteiger charge is -2.08. The number of hydrogen-bond acceptors (Lipinski definition) is 3. The maximum Gasteiger partial charge on any atom is 0.267 e. The van der Waals surface area contributed by atoms with Crippen LogP contribution in [0.5, 0.6) is 0 Å². The lowest BCUT2D eigenvalue weighted by Crippen LogP contribution is -2.11. The van der Waals surface area contributed by atoms with Crippen molar-refractivity contribution in [1.29, 1.82) is 0 Å². The van der Waals surface area contributed by atoms with Crippen LogP contribution < -0.4 is 11.1 Å². The summed E-state index contributed by atoms with van der Waals surface area (Å²) in [5.74, 6) is 0.336. The number of benzene rings is 1. The molecule has 1 aromatic carbocycles. The quantitative estimate of drug-likeness (QED) is 0.884. The average Bonchev–Trinajstić information content (AvgIpc) is 2.76. The molecular formula is C14H16N2OS. The fourth-order valence-corrected chi connectivity index (χ4v) is 2.36. The first-order chi connectivity index (χ1) is 8.58. The summed E-state index contributed by atoms with van der Waals surface area (Å²) in [6, 6.07) is 9.62. The second kappa shape index (κ2) is 5.23. The van der Waals surface area contributed by atoms with E-state index in [9.17, 15) is 4.79 Å². The van der Waals surface area contributed by atoms with E-state index in [4.69, 9.17) is 5.73 Å². The van der Waals surface area contributed by atoms with Gasteiger partial charge in [-0.15, -0.1) is 11.3 Å². The smallest absolute Gasteiger partial charge is 0.267 e. The molecule has 1 amide bonds. The zero-order chi connectivity index (χ0) is 13.1. The highest BCUT2D eigenvalue weighted by molar-refractivity contribution is 7.12. The normalized spacial score (nSPS) is 10.6. The molecule has 0 spiro atoms.